The van der Waals surface area contributed by atoms with E-state index in [9.17, 15) is 35.2 Å². The first-order valence-corrected chi connectivity index (χ1v) is 13.4. The van der Waals surface area contributed by atoms with Crippen molar-refractivity contribution in [1.82, 2.24) is 13.9 Å². The molecule has 2 aromatic carbocycles. The van der Waals surface area contributed by atoms with Crippen LogP contribution in [0.3, 0.4) is 0 Å². The summed E-state index contributed by atoms with van der Waals surface area (Å²) in [6.07, 6.45) is -3.54. The summed E-state index contributed by atoms with van der Waals surface area (Å²) in [6.45, 7) is 0.295. The van der Waals surface area contributed by atoms with Crippen LogP contribution >= 0.6 is 23.2 Å². The van der Waals surface area contributed by atoms with E-state index >= 15 is 0 Å². The van der Waals surface area contributed by atoms with Gasteiger partial charge in [-0.2, -0.15) is 25.9 Å². The highest BCUT2D eigenvalue weighted by atomic mass is 35.5. The number of hydrogen-bond acceptors (Lipinski definition) is 7. The van der Waals surface area contributed by atoms with E-state index in [1.165, 1.54) is 37.2 Å². The molecular formula is C22H20Cl2F5N5O6S. The quantitative estimate of drug-likeness (QED) is 0.266. The molecule has 3 N–H and O–H groups in total. The van der Waals surface area contributed by atoms with Gasteiger partial charge in [0.25, 0.3) is 5.56 Å². The van der Waals surface area contributed by atoms with E-state index in [1.54, 1.807) is 0 Å². The van der Waals surface area contributed by atoms with E-state index in [0.29, 0.717) is 18.0 Å². The van der Waals surface area contributed by atoms with Crippen molar-refractivity contribution in [3.63, 3.8) is 0 Å². The third kappa shape index (κ3) is 7.16. The molecule has 1 fully saturated rings. The van der Waals surface area contributed by atoms with Crippen LogP contribution in [0.15, 0.2) is 29.3 Å². The van der Waals surface area contributed by atoms with E-state index in [0.717, 1.165) is 4.31 Å². The normalized spacial score (nSPS) is 15.9. The molecule has 0 bridgehead atoms. The second kappa shape index (κ2) is 12.3. The monoisotopic (exact) mass is 647 g/mol. The van der Waals surface area contributed by atoms with Gasteiger partial charge in [-0.1, -0.05) is 23.2 Å². The standard InChI is InChI=1S/C20H19Cl2F2N5O4S.C2HF3O2/c1-28-9-25-12-3-4-13(16(21)15(12)20(28)30)26-19-17(22)14(7-11(23)18(19)24)27-34(31,32)29-6-5-10(8-29)33-2;3-2(4,5)1(6)7/h3-4,7,9-10,26-27H,5-6,8H2,1-2H3;(H,6,7)/t10-;/m1./s1. The summed E-state index contributed by atoms with van der Waals surface area (Å²) < 4.78 is 96.1. The number of carboxylic acids is 1. The molecule has 1 aliphatic heterocycles. The summed E-state index contributed by atoms with van der Waals surface area (Å²) in [4.78, 5) is 25.5. The van der Waals surface area contributed by atoms with Gasteiger partial charge < -0.3 is 19.7 Å². The summed E-state index contributed by atoms with van der Waals surface area (Å²) >= 11 is 12.6. The Kier molecular flexibility index (Phi) is 9.69. The number of carboxylic acid groups (broad SMARTS) is 1. The highest BCUT2D eigenvalue weighted by molar-refractivity contribution is 7.90. The molecule has 11 nitrogen and oxygen atoms in total. The minimum Gasteiger partial charge on any atom is -0.475 e. The van der Waals surface area contributed by atoms with Crippen molar-refractivity contribution >= 4 is 67.3 Å². The second-order valence-corrected chi connectivity index (χ2v) is 10.9. The largest absolute Gasteiger partial charge is 0.490 e. The number of nitrogens with one attached hydrogen (secondary N) is 2. The summed E-state index contributed by atoms with van der Waals surface area (Å²) in [5.41, 5.74) is -1.03. The minimum atomic E-state index is -5.08. The number of anilines is 3. The van der Waals surface area contributed by atoms with Gasteiger partial charge in [-0.05, 0) is 18.6 Å². The third-order valence-corrected chi connectivity index (χ3v) is 7.98. The van der Waals surface area contributed by atoms with Crippen molar-refractivity contribution in [3.8, 4) is 0 Å². The molecule has 41 heavy (non-hydrogen) atoms. The Balaban J connectivity index is 0.000000587. The van der Waals surface area contributed by atoms with E-state index in [-0.39, 0.29) is 41.0 Å². The molecule has 1 saturated heterocycles. The van der Waals surface area contributed by atoms with Crippen molar-refractivity contribution in [2.75, 3.05) is 30.2 Å². The number of ether oxygens (including phenoxy) is 1. The average molecular weight is 648 g/mol. The van der Waals surface area contributed by atoms with Crippen molar-refractivity contribution in [3.05, 3.63) is 56.6 Å². The molecule has 2 heterocycles. The fourth-order valence-electron chi connectivity index (χ4n) is 3.59. The Morgan fingerprint density at radius 3 is 2.39 bits per heavy atom. The first kappa shape index (κ1) is 32.3. The number of aryl methyl sites for hydroxylation is 1. The number of methoxy groups -OCH3 is 1. The van der Waals surface area contributed by atoms with Gasteiger partial charge in [0.1, 0.15) is 0 Å². The first-order chi connectivity index (χ1) is 19.0. The molecule has 0 aliphatic carbocycles. The van der Waals surface area contributed by atoms with Crippen LogP contribution in [0.25, 0.3) is 10.9 Å². The van der Waals surface area contributed by atoms with Crippen LogP contribution in [0, 0.1) is 11.6 Å². The Morgan fingerprint density at radius 2 is 1.83 bits per heavy atom. The van der Waals surface area contributed by atoms with Gasteiger partial charge in [0.2, 0.25) is 0 Å². The molecular weight excluding hydrogens is 628 g/mol. The van der Waals surface area contributed by atoms with Gasteiger partial charge in [-0.3, -0.25) is 9.52 Å². The number of nitrogens with zero attached hydrogens (tertiary/aromatic N) is 3. The zero-order chi connectivity index (χ0) is 30.9. The van der Waals surface area contributed by atoms with Crippen LogP contribution in [0.4, 0.5) is 39.0 Å². The predicted octanol–water partition coefficient (Wildman–Crippen LogP) is 4.27. The van der Waals surface area contributed by atoms with E-state index < -0.39 is 50.3 Å². The van der Waals surface area contributed by atoms with Crippen LogP contribution in [-0.4, -0.2) is 65.8 Å². The smallest absolute Gasteiger partial charge is 0.475 e. The van der Waals surface area contributed by atoms with Gasteiger partial charge >= 0.3 is 22.4 Å². The lowest BCUT2D eigenvalue weighted by Crippen LogP contribution is -2.35. The molecule has 1 aliphatic rings. The highest BCUT2D eigenvalue weighted by Crippen LogP contribution is 2.39. The van der Waals surface area contributed by atoms with Crippen molar-refractivity contribution < 1.29 is 45.0 Å². The molecule has 0 amide bonds. The Hall–Kier alpha value is -3.25. The van der Waals surface area contributed by atoms with Gasteiger partial charge in [0, 0.05) is 33.3 Å². The Labute approximate surface area is 238 Å². The van der Waals surface area contributed by atoms with Crippen LogP contribution in [-0.2, 0) is 26.8 Å². The van der Waals surface area contributed by atoms with Crippen molar-refractivity contribution in [1.29, 1.82) is 0 Å². The number of hydrogen-bond donors (Lipinski definition) is 3. The number of aliphatic carboxylic acids is 1. The molecule has 0 spiro atoms. The van der Waals surface area contributed by atoms with E-state index in [4.69, 9.17) is 37.8 Å². The summed E-state index contributed by atoms with van der Waals surface area (Å²) in [7, 11) is -1.16. The Bertz CT molecular complexity index is 1650. The van der Waals surface area contributed by atoms with Gasteiger partial charge in [0.15, 0.2) is 11.6 Å². The van der Waals surface area contributed by atoms with Crippen LogP contribution in [0.2, 0.25) is 10.0 Å². The summed E-state index contributed by atoms with van der Waals surface area (Å²) in [5.74, 6) is -5.47. The molecule has 224 valence electrons. The minimum absolute atomic E-state index is 0.0435. The molecule has 19 heteroatoms. The number of benzene rings is 2. The van der Waals surface area contributed by atoms with Gasteiger partial charge in [-0.25, -0.2) is 18.6 Å². The predicted molar refractivity (Wildman–Crippen MR) is 140 cm³/mol. The maximum atomic E-state index is 14.7. The highest BCUT2D eigenvalue weighted by Gasteiger charge is 2.38. The summed E-state index contributed by atoms with van der Waals surface area (Å²) in [5, 5.41) is 9.25. The topological polar surface area (TPSA) is 143 Å². The maximum absolute atomic E-state index is 14.7. The SMILES string of the molecule is CO[C@@H]1CCN(S(=O)(=O)Nc2cc(F)c(F)c(Nc3ccc4ncn(C)c(=O)c4c3Cl)c2Cl)C1.O=C(O)C(F)(F)F. The molecule has 0 saturated carbocycles. The molecule has 1 atom stereocenters. The van der Waals surface area contributed by atoms with Crippen LogP contribution in [0.5, 0.6) is 0 Å². The maximum Gasteiger partial charge on any atom is 0.490 e. The van der Waals surface area contributed by atoms with Crippen molar-refractivity contribution in [2.45, 2.75) is 18.7 Å². The van der Waals surface area contributed by atoms with Gasteiger partial charge in [0.05, 0.1) is 50.4 Å². The zero-order valence-corrected chi connectivity index (χ0v) is 23.2. The second-order valence-electron chi connectivity index (χ2n) is 8.43. The molecule has 1 aromatic heterocycles. The fraction of sp³-hybridized carbons (Fsp3) is 0.318. The van der Waals surface area contributed by atoms with Crippen LogP contribution < -0.4 is 15.6 Å². The number of halogens is 7. The first-order valence-electron chi connectivity index (χ1n) is 11.2. The lowest BCUT2D eigenvalue weighted by Gasteiger charge is -2.20. The number of carbonyl (C=O) groups is 1. The molecule has 3 aromatic rings. The Morgan fingerprint density at radius 1 is 1.20 bits per heavy atom. The van der Waals surface area contributed by atoms with Crippen molar-refractivity contribution in [2.24, 2.45) is 7.05 Å². The number of aromatic nitrogens is 2. The van der Waals surface area contributed by atoms with E-state index in [1.807, 2.05) is 0 Å². The van der Waals surface area contributed by atoms with E-state index in [2.05, 4.69) is 15.0 Å². The lowest BCUT2D eigenvalue weighted by molar-refractivity contribution is -0.192. The average Bonchev–Trinajstić information content (AvgIpc) is 3.39. The summed E-state index contributed by atoms with van der Waals surface area (Å²) in [6, 6.07) is 3.53. The van der Waals surface area contributed by atoms with Crippen LogP contribution in [0.1, 0.15) is 6.42 Å². The fourth-order valence-corrected chi connectivity index (χ4v) is 5.44. The number of alkyl halides is 3. The molecule has 4 rings (SSSR count). The number of fused-ring (bicyclic) bond motifs is 1. The third-order valence-electron chi connectivity index (χ3n) is 5.70. The van der Waals surface area contributed by atoms with Gasteiger partial charge in [-0.15, -0.1) is 0 Å². The number of rotatable bonds is 6. The lowest BCUT2D eigenvalue weighted by atomic mass is 10.2. The zero-order valence-electron chi connectivity index (χ0n) is 20.9. The molecule has 0 unspecified atom stereocenters. The molecule has 0 radical (unpaired) electrons.